The van der Waals surface area contributed by atoms with Gasteiger partial charge in [-0.3, -0.25) is 0 Å². The van der Waals surface area contributed by atoms with Crippen molar-refractivity contribution in [2.45, 2.75) is 31.9 Å². The van der Waals surface area contributed by atoms with Gasteiger partial charge in [0.05, 0.1) is 6.04 Å². The molecule has 0 aromatic rings. The van der Waals surface area contributed by atoms with Gasteiger partial charge < -0.3 is 14.8 Å². The van der Waals surface area contributed by atoms with E-state index in [0.29, 0.717) is 12.1 Å². The summed E-state index contributed by atoms with van der Waals surface area (Å²) in [5.74, 6) is 0. The Hall–Kier alpha value is 1.26. The van der Waals surface area contributed by atoms with Crippen molar-refractivity contribution in [3.05, 3.63) is 19.4 Å². The molecule has 2 aliphatic heterocycles. The standard InChI is InChI=1S/C6H10NO2.C4H8.K/c1-2-7-5-3-8-4-9-6(1)5;1-3-4-2;/h4-7H,1-3H2;3H,1,4H2,2H3;/q-1;;+1. The Balaban J connectivity index is 0.000000299. The number of rotatable bonds is 1. The van der Waals surface area contributed by atoms with Gasteiger partial charge in [0.2, 0.25) is 0 Å². The molecule has 76 valence electrons. The third kappa shape index (κ3) is 5.37. The molecule has 0 bridgehead atoms. The maximum atomic E-state index is 5.19. The molecular weight excluding hydrogens is 205 g/mol. The zero-order valence-electron chi connectivity index (χ0n) is 9.16. The zero-order valence-corrected chi connectivity index (χ0v) is 12.3. The molecule has 2 saturated heterocycles. The number of hydrogen-bond acceptors (Lipinski definition) is 3. The second kappa shape index (κ2) is 9.48. The van der Waals surface area contributed by atoms with Crippen molar-refractivity contribution < 1.29 is 60.9 Å². The SMILES string of the molecule is C=CCC.[CH-]1OCC2NCCC2O1.[K+]. The van der Waals surface area contributed by atoms with Crippen LogP contribution in [0.4, 0.5) is 0 Å². The van der Waals surface area contributed by atoms with Gasteiger partial charge in [0, 0.05) is 12.7 Å². The molecular formula is C10H18KNO2. The number of fused-ring (bicyclic) bond motifs is 1. The normalized spacial score (nSPS) is 29.2. The summed E-state index contributed by atoms with van der Waals surface area (Å²) in [6, 6.07) is 0.440. The second-order valence-electron chi connectivity index (χ2n) is 3.15. The fraction of sp³-hybridized carbons (Fsp3) is 0.700. The van der Waals surface area contributed by atoms with Gasteiger partial charge in [-0.1, -0.05) is 19.8 Å². The first-order valence-electron chi connectivity index (χ1n) is 4.81. The van der Waals surface area contributed by atoms with Crippen LogP contribution in [0.15, 0.2) is 12.7 Å². The molecule has 0 aromatic carbocycles. The van der Waals surface area contributed by atoms with E-state index in [1.165, 1.54) is 6.79 Å². The smallest absolute Gasteiger partial charge is 0.524 e. The summed E-state index contributed by atoms with van der Waals surface area (Å²) in [7, 11) is 0. The Morgan fingerprint density at radius 1 is 1.64 bits per heavy atom. The molecule has 0 saturated carbocycles. The van der Waals surface area contributed by atoms with Crippen molar-refractivity contribution in [2.75, 3.05) is 13.2 Å². The first-order chi connectivity index (χ1) is 6.38. The number of hydrogen-bond donors (Lipinski definition) is 1. The van der Waals surface area contributed by atoms with Gasteiger partial charge in [-0.15, -0.1) is 6.58 Å². The number of nitrogens with one attached hydrogen (secondary N) is 1. The summed E-state index contributed by atoms with van der Waals surface area (Å²) in [6.45, 7) is 8.82. The van der Waals surface area contributed by atoms with Crippen molar-refractivity contribution in [3.8, 4) is 0 Å². The van der Waals surface area contributed by atoms with E-state index in [9.17, 15) is 0 Å². The van der Waals surface area contributed by atoms with Crippen LogP contribution in [0.25, 0.3) is 0 Å². The van der Waals surface area contributed by atoms with Gasteiger partial charge in [-0.05, 0) is 19.4 Å². The number of allylic oxidation sites excluding steroid dienone is 1. The van der Waals surface area contributed by atoms with Crippen LogP contribution in [0.1, 0.15) is 19.8 Å². The molecule has 2 atom stereocenters. The fourth-order valence-corrected chi connectivity index (χ4v) is 1.33. The Morgan fingerprint density at radius 3 is 2.93 bits per heavy atom. The van der Waals surface area contributed by atoms with Gasteiger partial charge in [0.1, 0.15) is 0 Å². The van der Waals surface area contributed by atoms with E-state index in [0.717, 1.165) is 26.0 Å². The largest absolute Gasteiger partial charge is 1.00 e. The summed E-state index contributed by atoms with van der Waals surface area (Å²) in [5, 5.41) is 3.29. The van der Waals surface area contributed by atoms with E-state index >= 15 is 0 Å². The van der Waals surface area contributed by atoms with Crippen molar-refractivity contribution >= 4 is 0 Å². The molecule has 0 spiro atoms. The van der Waals surface area contributed by atoms with Crippen molar-refractivity contribution in [1.29, 1.82) is 0 Å². The van der Waals surface area contributed by atoms with Crippen LogP contribution in [0.2, 0.25) is 0 Å². The molecule has 2 aliphatic rings. The predicted octanol–water partition coefficient (Wildman–Crippen LogP) is -1.53. The molecule has 0 aromatic heterocycles. The zero-order chi connectivity index (χ0) is 9.52. The van der Waals surface area contributed by atoms with Gasteiger partial charge in [0.15, 0.2) is 0 Å². The molecule has 3 nitrogen and oxygen atoms in total. The van der Waals surface area contributed by atoms with Crippen LogP contribution in [0, 0.1) is 6.79 Å². The van der Waals surface area contributed by atoms with Crippen LogP contribution in [0.5, 0.6) is 0 Å². The maximum Gasteiger partial charge on any atom is 1.00 e. The molecule has 2 unspecified atom stereocenters. The summed E-state index contributed by atoms with van der Waals surface area (Å²) >= 11 is 0. The topological polar surface area (TPSA) is 30.5 Å². The van der Waals surface area contributed by atoms with Crippen LogP contribution < -0.4 is 56.7 Å². The first-order valence-corrected chi connectivity index (χ1v) is 4.81. The van der Waals surface area contributed by atoms with Crippen LogP contribution >= 0.6 is 0 Å². The van der Waals surface area contributed by atoms with E-state index in [4.69, 9.17) is 9.47 Å². The molecule has 0 amide bonds. The summed E-state index contributed by atoms with van der Waals surface area (Å²) < 4.78 is 10.2. The van der Waals surface area contributed by atoms with E-state index in [1.54, 1.807) is 0 Å². The average molecular weight is 223 g/mol. The van der Waals surface area contributed by atoms with Crippen LogP contribution in [0.3, 0.4) is 0 Å². The Labute approximate surface area is 129 Å². The van der Waals surface area contributed by atoms with Crippen LogP contribution in [-0.4, -0.2) is 25.3 Å². The Morgan fingerprint density at radius 2 is 2.36 bits per heavy atom. The predicted molar refractivity (Wildman–Crippen MR) is 52.0 cm³/mol. The first kappa shape index (κ1) is 15.3. The Kier molecular flexibility index (Phi) is 10.3. The van der Waals surface area contributed by atoms with Crippen LogP contribution in [-0.2, 0) is 9.47 Å². The van der Waals surface area contributed by atoms with Gasteiger partial charge >= 0.3 is 51.4 Å². The van der Waals surface area contributed by atoms with Gasteiger partial charge in [-0.2, -0.15) is 0 Å². The minimum atomic E-state index is 0. The quantitative estimate of drug-likeness (QED) is 0.332. The molecule has 2 heterocycles. The third-order valence-electron chi connectivity index (χ3n) is 2.15. The fourth-order valence-electron chi connectivity index (χ4n) is 1.33. The summed E-state index contributed by atoms with van der Waals surface area (Å²) in [5.41, 5.74) is 0. The van der Waals surface area contributed by atoms with E-state index in [2.05, 4.69) is 18.8 Å². The molecule has 0 radical (unpaired) electrons. The maximum absolute atomic E-state index is 5.19. The molecule has 0 aliphatic carbocycles. The molecule has 2 fully saturated rings. The Bertz CT molecular complexity index is 143. The van der Waals surface area contributed by atoms with Crippen molar-refractivity contribution in [3.63, 3.8) is 0 Å². The van der Waals surface area contributed by atoms with E-state index in [-0.39, 0.29) is 51.4 Å². The van der Waals surface area contributed by atoms with Crippen molar-refractivity contribution in [1.82, 2.24) is 5.32 Å². The average Bonchev–Trinajstić information content (AvgIpc) is 2.66. The monoisotopic (exact) mass is 223 g/mol. The summed E-state index contributed by atoms with van der Waals surface area (Å²) in [4.78, 5) is 0. The number of ether oxygens (including phenoxy) is 2. The molecule has 1 N–H and O–H groups in total. The molecule has 2 rings (SSSR count). The van der Waals surface area contributed by atoms with Crippen molar-refractivity contribution in [2.24, 2.45) is 0 Å². The van der Waals surface area contributed by atoms with Gasteiger partial charge in [0.25, 0.3) is 0 Å². The molecule has 14 heavy (non-hydrogen) atoms. The third-order valence-corrected chi connectivity index (χ3v) is 2.15. The van der Waals surface area contributed by atoms with E-state index in [1.807, 2.05) is 6.08 Å². The minimum Gasteiger partial charge on any atom is -0.524 e. The minimum absolute atomic E-state index is 0. The van der Waals surface area contributed by atoms with E-state index < -0.39 is 0 Å². The summed E-state index contributed by atoms with van der Waals surface area (Å²) in [6.07, 6.45) is 4.45. The van der Waals surface area contributed by atoms with Gasteiger partial charge in [-0.25, -0.2) is 0 Å². The molecule has 4 heteroatoms. The second-order valence-corrected chi connectivity index (χ2v) is 3.15.